The molecule has 0 aromatic carbocycles. The number of anilines is 1. The Morgan fingerprint density at radius 3 is 3.07 bits per heavy atom. The van der Waals surface area contributed by atoms with E-state index in [9.17, 15) is 0 Å². The summed E-state index contributed by atoms with van der Waals surface area (Å²) in [6.07, 6.45) is 3.78. The Hall–Kier alpha value is -0.810. The minimum atomic E-state index is 0.329. The highest BCUT2D eigenvalue weighted by Gasteiger charge is 2.06. The molecule has 0 bridgehead atoms. The Kier molecular flexibility index (Phi) is 4.84. The van der Waals surface area contributed by atoms with Gasteiger partial charge in [0.15, 0.2) is 0 Å². The highest BCUT2D eigenvalue weighted by atomic mass is 32.2. The Morgan fingerprint density at radius 1 is 1.73 bits per heavy atom. The molecule has 15 heavy (non-hydrogen) atoms. The van der Waals surface area contributed by atoms with Gasteiger partial charge in [0.25, 0.3) is 0 Å². The molecule has 0 aliphatic carbocycles. The first kappa shape index (κ1) is 12.3. The molecule has 3 nitrogen and oxygen atoms in total. The summed E-state index contributed by atoms with van der Waals surface area (Å²) in [7, 11) is 0. The summed E-state index contributed by atoms with van der Waals surface area (Å²) < 4.78 is 0. The number of thioether (sulfide) groups is 1. The number of pyridine rings is 1. The van der Waals surface area contributed by atoms with Gasteiger partial charge in [-0.15, -0.1) is 0 Å². The van der Waals surface area contributed by atoms with Crippen molar-refractivity contribution >= 4 is 34.7 Å². The van der Waals surface area contributed by atoms with Gasteiger partial charge in [0.1, 0.15) is 10.7 Å². The molecule has 1 aromatic heterocycles. The molecule has 1 aromatic rings. The quantitative estimate of drug-likeness (QED) is 0.771. The number of aromatic nitrogens is 1. The van der Waals surface area contributed by atoms with Gasteiger partial charge >= 0.3 is 0 Å². The minimum absolute atomic E-state index is 0.329. The molecule has 1 rings (SSSR count). The number of hydrogen-bond donors (Lipinski definition) is 2. The van der Waals surface area contributed by atoms with Crippen molar-refractivity contribution in [3.8, 4) is 0 Å². The maximum Gasteiger partial charge on any atom is 0.124 e. The summed E-state index contributed by atoms with van der Waals surface area (Å²) in [5, 5.41) is 3.84. The molecule has 0 saturated carbocycles. The summed E-state index contributed by atoms with van der Waals surface area (Å²) in [5.41, 5.74) is 7.15. The molecule has 1 heterocycles. The molecular weight excluding hydrogens is 226 g/mol. The Bertz CT molecular complexity index is 341. The number of thiocarbonyl (C=S) groups is 1. The van der Waals surface area contributed by atoms with Gasteiger partial charge in [0.2, 0.25) is 0 Å². The van der Waals surface area contributed by atoms with Gasteiger partial charge in [0, 0.05) is 18.0 Å². The van der Waals surface area contributed by atoms with E-state index in [0.29, 0.717) is 15.9 Å². The predicted octanol–water partition coefficient (Wildman–Crippen LogP) is 1.88. The van der Waals surface area contributed by atoms with Gasteiger partial charge in [-0.1, -0.05) is 19.1 Å². The fraction of sp³-hybridized carbons (Fsp3) is 0.400. The zero-order valence-electron chi connectivity index (χ0n) is 8.86. The van der Waals surface area contributed by atoms with Crippen molar-refractivity contribution in [3.05, 3.63) is 24.0 Å². The number of hydrogen-bond acceptors (Lipinski definition) is 4. The maximum absolute atomic E-state index is 5.58. The fourth-order valence-corrected chi connectivity index (χ4v) is 1.49. The Labute approximate surface area is 99.8 Å². The lowest BCUT2D eigenvalue weighted by molar-refractivity contribution is 1.000. The molecule has 0 aliphatic rings. The monoisotopic (exact) mass is 241 g/mol. The normalized spacial score (nSPS) is 12.1. The lowest BCUT2D eigenvalue weighted by atomic mass is 10.3. The van der Waals surface area contributed by atoms with Crippen LogP contribution in [-0.4, -0.2) is 28.0 Å². The average Bonchev–Trinajstić information content (AvgIpc) is 2.26. The van der Waals surface area contributed by atoms with Gasteiger partial charge < -0.3 is 11.1 Å². The molecule has 1 unspecified atom stereocenters. The summed E-state index contributed by atoms with van der Waals surface area (Å²) in [5.74, 6) is 0. The van der Waals surface area contributed by atoms with Crippen LogP contribution in [0.1, 0.15) is 12.6 Å². The van der Waals surface area contributed by atoms with E-state index in [-0.39, 0.29) is 0 Å². The summed E-state index contributed by atoms with van der Waals surface area (Å²) in [6, 6.07) is 3.81. The van der Waals surface area contributed by atoms with E-state index in [1.54, 1.807) is 6.20 Å². The van der Waals surface area contributed by atoms with E-state index in [2.05, 4.69) is 23.5 Å². The minimum Gasteiger partial charge on any atom is -0.388 e. The highest BCUT2D eigenvalue weighted by Crippen LogP contribution is 2.13. The van der Waals surface area contributed by atoms with Gasteiger partial charge in [-0.25, -0.2) is 0 Å². The molecular formula is C10H15N3S2. The van der Waals surface area contributed by atoms with E-state index in [0.717, 1.165) is 12.2 Å². The van der Waals surface area contributed by atoms with Gasteiger partial charge in [-0.05, 0) is 18.4 Å². The third kappa shape index (κ3) is 3.68. The summed E-state index contributed by atoms with van der Waals surface area (Å²) >= 11 is 6.74. The van der Waals surface area contributed by atoms with Crippen molar-refractivity contribution in [2.24, 2.45) is 5.73 Å². The number of nitrogens with one attached hydrogen (secondary N) is 1. The Morgan fingerprint density at radius 2 is 2.47 bits per heavy atom. The molecule has 0 radical (unpaired) electrons. The second kappa shape index (κ2) is 5.92. The number of nitrogens with two attached hydrogens (primary N) is 1. The molecule has 82 valence electrons. The average molecular weight is 241 g/mol. The molecule has 0 amide bonds. The lowest BCUT2D eigenvalue weighted by Crippen LogP contribution is -2.18. The van der Waals surface area contributed by atoms with Gasteiger partial charge in [0.05, 0.1) is 5.69 Å². The molecule has 3 N–H and O–H groups in total. The first-order valence-electron chi connectivity index (χ1n) is 4.66. The zero-order chi connectivity index (χ0) is 11.3. The van der Waals surface area contributed by atoms with Crippen molar-refractivity contribution in [1.29, 1.82) is 0 Å². The van der Waals surface area contributed by atoms with Gasteiger partial charge in [-0.2, -0.15) is 11.8 Å². The van der Waals surface area contributed by atoms with Crippen LogP contribution in [0, 0.1) is 0 Å². The van der Waals surface area contributed by atoms with Crippen LogP contribution in [0.4, 0.5) is 5.69 Å². The topological polar surface area (TPSA) is 50.9 Å². The van der Waals surface area contributed by atoms with Crippen LogP contribution in [0.5, 0.6) is 0 Å². The van der Waals surface area contributed by atoms with Gasteiger partial charge in [-0.3, -0.25) is 4.98 Å². The van der Waals surface area contributed by atoms with Crippen LogP contribution in [0.25, 0.3) is 0 Å². The van der Waals surface area contributed by atoms with Crippen LogP contribution >= 0.6 is 24.0 Å². The van der Waals surface area contributed by atoms with E-state index >= 15 is 0 Å². The molecule has 1 atom stereocenters. The molecule has 0 saturated heterocycles. The van der Waals surface area contributed by atoms with Crippen LogP contribution in [0.15, 0.2) is 18.3 Å². The molecule has 0 spiro atoms. The largest absolute Gasteiger partial charge is 0.388 e. The summed E-state index contributed by atoms with van der Waals surface area (Å²) in [6.45, 7) is 3.04. The van der Waals surface area contributed by atoms with Crippen LogP contribution in [-0.2, 0) is 0 Å². The van der Waals surface area contributed by atoms with E-state index < -0.39 is 0 Å². The van der Waals surface area contributed by atoms with Crippen molar-refractivity contribution < 1.29 is 0 Å². The van der Waals surface area contributed by atoms with Crippen molar-refractivity contribution in [1.82, 2.24) is 4.98 Å². The van der Waals surface area contributed by atoms with Crippen LogP contribution in [0.3, 0.4) is 0 Å². The van der Waals surface area contributed by atoms with Crippen LogP contribution < -0.4 is 11.1 Å². The van der Waals surface area contributed by atoms with E-state index in [4.69, 9.17) is 18.0 Å². The second-order valence-corrected chi connectivity index (χ2v) is 4.91. The molecule has 0 aliphatic heterocycles. The lowest BCUT2D eigenvalue weighted by Gasteiger charge is -2.13. The fourth-order valence-electron chi connectivity index (χ4n) is 1.08. The number of nitrogens with zero attached hydrogens (tertiary/aromatic N) is 1. The first-order chi connectivity index (χ1) is 7.15. The predicted molar refractivity (Wildman–Crippen MR) is 71.6 cm³/mol. The van der Waals surface area contributed by atoms with Crippen molar-refractivity contribution in [2.45, 2.75) is 12.2 Å². The second-order valence-electron chi connectivity index (χ2n) is 3.19. The summed E-state index contributed by atoms with van der Waals surface area (Å²) in [4.78, 5) is 4.48. The highest BCUT2D eigenvalue weighted by molar-refractivity contribution is 7.99. The Balaban J connectivity index is 2.72. The third-order valence-corrected chi connectivity index (χ3v) is 3.19. The maximum atomic E-state index is 5.58. The molecule has 5 heteroatoms. The molecule has 0 fully saturated rings. The number of rotatable bonds is 5. The standard InChI is InChI=1S/C10H15N3S2/c1-7(15-2)6-13-8-4-3-5-12-9(8)10(11)14/h3-5,7,13H,6H2,1-2H3,(H2,11,14). The smallest absolute Gasteiger partial charge is 0.124 e. The van der Waals surface area contributed by atoms with Crippen molar-refractivity contribution in [3.63, 3.8) is 0 Å². The SMILES string of the molecule is CSC(C)CNc1cccnc1C(N)=S. The van der Waals surface area contributed by atoms with E-state index in [1.807, 2.05) is 23.9 Å². The van der Waals surface area contributed by atoms with Crippen molar-refractivity contribution in [2.75, 3.05) is 18.1 Å². The van der Waals surface area contributed by atoms with Crippen LogP contribution in [0.2, 0.25) is 0 Å². The third-order valence-electron chi connectivity index (χ3n) is 2.02. The van der Waals surface area contributed by atoms with E-state index in [1.165, 1.54) is 0 Å². The first-order valence-corrected chi connectivity index (χ1v) is 6.36. The zero-order valence-corrected chi connectivity index (χ0v) is 10.5.